The SMILES string of the molecule is NCCCCN(C1(c2ccccc2)c2ccccc2Oc2ccccc21)C1(c2ccccc2)c2ccccc2Oc2ccccc21. The molecule has 8 rings (SSSR count). The number of benzene rings is 6. The molecule has 0 bridgehead atoms. The number of unbranched alkanes of at least 4 members (excludes halogenated alkanes) is 1. The summed E-state index contributed by atoms with van der Waals surface area (Å²) in [5, 5.41) is 0. The number of nitrogens with zero attached hydrogens (tertiary/aromatic N) is 1. The number of nitrogens with two attached hydrogens (primary N) is 1. The van der Waals surface area contributed by atoms with Crippen LogP contribution in [0.15, 0.2) is 158 Å². The number of fused-ring (bicyclic) bond motifs is 4. The Labute approximate surface area is 270 Å². The van der Waals surface area contributed by atoms with E-state index < -0.39 is 11.1 Å². The van der Waals surface area contributed by atoms with E-state index in [1.165, 1.54) is 11.1 Å². The second-order valence-corrected chi connectivity index (χ2v) is 12.0. The van der Waals surface area contributed by atoms with Gasteiger partial charge in [-0.05, 0) is 54.8 Å². The molecule has 46 heavy (non-hydrogen) atoms. The highest BCUT2D eigenvalue weighted by Gasteiger charge is 2.59. The summed E-state index contributed by atoms with van der Waals surface area (Å²) in [6.07, 6.45) is 1.79. The Balaban J connectivity index is 1.59. The number of hydrogen-bond donors (Lipinski definition) is 1. The molecule has 4 nitrogen and oxygen atoms in total. The summed E-state index contributed by atoms with van der Waals surface area (Å²) < 4.78 is 13.4. The lowest BCUT2D eigenvalue weighted by Gasteiger charge is -2.58. The highest BCUT2D eigenvalue weighted by molar-refractivity contribution is 5.68. The first-order valence-electron chi connectivity index (χ1n) is 16.1. The van der Waals surface area contributed by atoms with Crippen molar-refractivity contribution in [3.63, 3.8) is 0 Å². The molecule has 2 aliphatic heterocycles. The lowest BCUT2D eigenvalue weighted by atomic mass is 9.66. The second-order valence-electron chi connectivity index (χ2n) is 12.0. The van der Waals surface area contributed by atoms with Crippen LogP contribution < -0.4 is 15.2 Å². The van der Waals surface area contributed by atoms with Crippen molar-refractivity contribution in [3.05, 3.63) is 191 Å². The predicted molar refractivity (Wildman–Crippen MR) is 184 cm³/mol. The largest absolute Gasteiger partial charge is 0.457 e. The van der Waals surface area contributed by atoms with E-state index in [9.17, 15) is 0 Å². The maximum Gasteiger partial charge on any atom is 0.133 e. The molecule has 0 aromatic heterocycles. The molecule has 0 atom stereocenters. The van der Waals surface area contributed by atoms with Crippen LogP contribution in [0.25, 0.3) is 0 Å². The summed E-state index contributed by atoms with van der Waals surface area (Å²) in [5.41, 5.74) is 11.4. The highest BCUT2D eigenvalue weighted by atomic mass is 16.5. The smallest absolute Gasteiger partial charge is 0.133 e. The van der Waals surface area contributed by atoms with Gasteiger partial charge in [-0.25, -0.2) is 0 Å². The minimum Gasteiger partial charge on any atom is -0.457 e. The van der Waals surface area contributed by atoms with Gasteiger partial charge in [0.15, 0.2) is 0 Å². The van der Waals surface area contributed by atoms with Crippen LogP contribution in [0.5, 0.6) is 23.0 Å². The summed E-state index contributed by atoms with van der Waals surface area (Å²) in [4.78, 5) is 2.74. The van der Waals surface area contributed by atoms with Gasteiger partial charge in [0.05, 0.1) is 0 Å². The van der Waals surface area contributed by atoms with Gasteiger partial charge in [0.1, 0.15) is 34.1 Å². The highest BCUT2D eigenvalue weighted by Crippen LogP contribution is 2.62. The standard InChI is InChI=1S/C42H36N2O2/c43-29-15-16-30-44(41(31-17-3-1-4-18-31)33-21-7-11-25-37(33)45-38-26-12-8-22-34(38)41)42(32-19-5-2-6-20-32)35-23-9-13-27-39(35)46-40-28-14-10-24-36(40)42/h1-14,17-28H,15-16,29-30,43H2. The molecule has 0 radical (unpaired) electrons. The lowest BCUT2D eigenvalue weighted by Crippen LogP contribution is -2.61. The fourth-order valence-electron chi connectivity index (χ4n) is 7.82. The monoisotopic (exact) mass is 600 g/mol. The van der Waals surface area contributed by atoms with Gasteiger partial charge in [-0.15, -0.1) is 0 Å². The van der Waals surface area contributed by atoms with Crippen molar-refractivity contribution in [2.24, 2.45) is 5.73 Å². The van der Waals surface area contributed by atoms with E-state index in [-0.39, 0.29) is 0 Å². The first-order chi connectivity index (χ1) is 22.8. The van der Waals surface area contributed by atoms with Gasteiger partial charge in [0.25, 0.3) is 0 Å². The third kappa shape index (κ3) is 4.14. The second kappa shape index (κ2) is 11.6. The van der Waals surface area contributed by atoms with Crippen molar-refractivity contribution in [3.8, 4) is 23.0 Å². The van der Waals surface area contributed by atoms with Crippen molar-refractivity contribution in [2.45, 2.75) is 23.9 Å². The lowest BCUT2D eigenvalue weighted by molar-refractivity contribution is 0.0510. The van der Waals surface area contributed by atoms with E-state index in [2.05, 4.69) is 163 Å². The van der Waals surface area contributed by atoms with Crippen molar-refractivity contribution in [1.82, 2.24) is 4.90 Å². The molecule has 2 heterocycles. The number of ether oxygens (including phenoxy) is 2. The zero-order valence-electron chi connectivity index (χ0n) is 25.7. The zero-order valence-corrected chi connectivity index (χ0v) is 25.7. The quantitative estimate of drug-likeness (QED) is 0.177. The van der Waals surface area contributed by atoms with Gasteiger partial charge < -0.3 is 15.2 Å². The van der Waals surface area contributed by atoms with Crippen molar-refractivity contribution in [2.75, 3.05) is 13.1 Å². The van der Waals surface area contributed by atoms with Crippen molar-refractivity contribution in [1.29, 1.82) is 0 Å². The summed E-state index contributed by atoms with van der Waals surface area (Å²) in [7, 11) is 0. The molecule has 0 aliphatic carbocycles. The van der Waals surface area contributed by atoms with Crippen LogP contribution in [0.2, 0.25) is 0 Å². The van der Waals surface area contributed by atoms with Gasteiger partial charge >= 0.3 is 0 Å². The predicted octanol–water partition coefficient (Wildman–Crippen LogP) is 9.22. The molecule has 2 N–H and O–H groups in total. The fourth-order valence-corrected chi connectivity index (χ4v) is 7.82. The number of para-hydroxylation sites is 4. The summed E-state index contributed by atoms with van der Waals surface area (Å²) in [6.45, 7) is 1.36. The molecule has 0 saturated heterocycles. The molecular weight excluding hydrogens is 564 g/mol. The van der Waals surface area contributed by atoms with Crippen LogP contribution in [0.4, 0.5) is 0 Å². The Bertz CT molecular complexity index is 1760. The maximum absolute atomic E-state index is 6.72. The summed E-state index contributed by atoms with van der Waals surface area (Å²) in [5.74, 6) is 3.41. The molecule has 0 amide bonds. The van der Waals surface area contributed by atoms with Crippen LogP contribution >= 0.6 is 0 Å². The first kappa shape index (κ1) is 28.3. The average molecular weight is 601 g/mol. The summed E-state index contributed by atoms with van der Waals surface area (Å²) >= 11 is 0. The normalized spacial score (nSPS) is 15.0. The Kier molecular flexibility index (Phi) is 7.17. The minimum absolute atomic E-state index is 0.622. The van der Waals surface area contributed by atoms with Gasteiger partial charge in [-0.1, -0.05) is 133 Å². The average Bonchev–Trinajstić information content (AvgIpc) is 3.13. The zero-order chi connectivity index (χ0) is 31.0. The molecule has 6 aromatic rings. The van der Waals surface area contributed by atoms with Crippen molar-refractivity contribution >= 4 is 0 Å². The molecule has 4 heteroatoms. The Morgan fingerprint density at radius 1 is 0.413 bits per heavy atom. The molecule has 0 unspecified atom stereocenters. The van der Waals surface area contributed by atoms with Gasteiger partial charge in [0, 0.05) is 28.8 Å². The fraction of sp³-hybridized carbons (Fsp3) is 0.143. The van der Waals surface area contributed by atoms with Crippen LogP contribution in [-0.2, 0) is 11.1 Å². The number of rotatable bonds is 8. The van der Waals surface area contributed by atoms with Crippen LogP contribution in [0.3, 0.4) is 0 Å². The van der Waals surface area contributed by atoms with E-state index in [1.54, 1.807) is 0 Å². The third-order valence-electron chi connectivity index (χ3n) is 9.58. The van der Waals surface area contributed by atoms with E-state index in [1.807, 2.05) is 0 Å². The topological polar surface area (TPSA) is 47.7 Å². The minimum atomic E-state index is -0.769. The summed E-state index contributed by atoms with van der Waals surface area (Å²) in [6, 6.07) is 56.0. The first-order valence-corrected chi connectivity index (χ1v) is 16.1. The van der Waals surface area contributed by atoms with Crippen molar-refractivity contribution < 1.29 is 9.47 Å². The van der Waals surface area contributed by atoms with Crippen LogP contribution in [0.1, 0.15) is 46.2 Å². The van der Waals surface area contributed by atoms with E-state index in [0.29, 0.717) is 6.54 Å². The molecule has 0 spiro atoms. The Hall–Kier alpha value is -5.16. The molecule has 2 aliphatic rings. The maximum atomic E-state index is 6.72. The van der Waals surface area contributed by atoms with Gasteiger partial charge in [0.2, 0.25) is 0 Å². The van der Waals surface area contributed by atoms with Crippen LogP contribution in [0, 0.1) is 0 Å². The molecular formula is C42H36N2O2. The van der Waals surface area contributed by atoms with E-state index >= 15 is 0 Å². The molecule has 226 valence electrons. The Morgan fingerprint density at radius 3 is 1.09 bits per heavy atom. The van der Waals surface area contributed by atoms with Crippen LogP contribution in [-0.4, -0.2) is 18.0 Å². The van der Waals surface area contributed by atoms with E-state index in [4.69, 9.17) is 15.2 Å². The van der Waals surface area contributed by atoms with E-state index in [0.717, 1.165) is 64.6 Å². The third-order valence-corrected chi connectivity index (χ3v) is 9.58. The van der Waals surface area contributed by atoms with Gasteiger partial charge in [-0.2, -0.15) is 0 Å². The van der Waals surface area contributed by atoms with Gasteiger partial charge in [-0.3, -0.25) is 4.90 Å². The Morgan fingerprint density at radius 2 is 0.739 bits per heavy atom. The number of hydrogen-bond acceptors (Lipinski definition) is 4. The molecule has 0 saturated carbocycles. The molecule has 0 fully saturated rings. The molecule has 6 aromatic carbocycles.